The van der Waals surface area contributed by atoms with Crippen LogP contribution in [0.15, 0.2) is 0 Å². The molecule has 23 heavy (non-hydrogen) atoms. The molecule has 0 saturated heterocycles. The van der Waals surface area contributed by atoms with Gasteiger partial charge in [0, 0.05) is 9.84 Å². The summed E-state index contributed by atoms with van der Waals surface area (Å²) in [6.07, 6.45) is -13.9. The van der Waals surface area contributed by atoms with E-state index in [0.717, 1.165) is 22.6 Å². The fraction of sp³-hybridized carbons (Fsp3) is 1.00. The quantitative estimate of drug-likeness (QED) is 0.237. The lowest BCUT2D eigenvalue weighted by molar-refractivity contribution is -0.418. The molecule has 0 bridgehead atoms. The Kier molecular flexibility index (Phi) is 6.68. The first-order valence-electron chi connectivity index (χ1n) is 6.11. The smallest absolute Gasteiger partial charge is 0.226 e. The van der Waals surface area contributed by atoms with Gasteiger partial charge in [-0.25, -0.2) is 4.39 Å². The van der Waals surface area contributed by atoms with Crippen molar-refractivity contribution in [2.75, 3.05) is 0 Å². The van der Waals surface area contributed by atoms with Gasteiger partial charge < -0.3 is 0 Å². The highest BCUT2D eigenvalue weighted by Crippen LogP contribution is 2.60. The highest BCUT2D eigenvalue weighted by Gasteiger charge is 2.87. The molecule has 0 saturated carbocycles. The van der Waals surface area contributed by atoms with Crippen LogP contribution in [0.1, 0.15) is 26.7 Å². The second-order valence-electron chi connectivity index (χ2n) is 4.95. The Labute approximate surface area is 137 Å². The molecule has 0 rings (SSSR count). The molecular formula is C11H12F11I. The van der Waals surface area contributed by atoms with Crippen LogP contribution >= 0.6 is 22.6 Å². The van der Waals surface area contributed by atoms with E-state index in [2.05, 4.69) is 0 Å². The molecule has 140 valence electrons. The largest absolute Gasteiger partial charge is 0.460 e. The molecule has 12 heteroatoms. The molecule has 0 radical (unpaired) electrons. The molecule has 0 aromatic carbocycles. The highest BCUT2D eigenvalue weighted by molar-refractivity contribution is 14.1. The summed E-state index contributed by atoms with van der Waals surface area (Å²) in [4.78, 5) is 0. The van der Waals surface area contributed by atoms with E-state index in [1.54, 1.807) is 0 Å². The molecular weight excluding hydrogens is 468 g/mol. The fourth-order valence-corrected chi connectivity index (χ4v) is 3.02. The minimum atomic E-state index is -7.19. The summed E-state index contributed by atoms with van der Waals surface area (Å²) >= 11 is 1.12. The molecule has 0 fully saturated rings. The van der Waals surface area contributed by atoms with Crippen molar-refractivity contribution in [1.82, 2.24) is 0 Å². The number of rotatable bonds is 6. The van der Waals surface area contributed by atoms with Gasteiger partial charge >= 0.3 is 24.2 Å². The fourth-order valence-electron chi connectivity index (χ4n) is 1.90. The maximum atomic E-state index is 14.2. The lowest BCUT2D eigenvalue weighted by Gasteiger charge is -2.43. The molecule has 0 heterocycles. The highest BCUT2D eigenvalue weighted by atomic mass is 127. The predicted molar refractivity (Wildman–Crippen MR) is 67.7 cm³/mol. The lowest BCUT2D eigenvalue weighted by atomic mass is 9.78. The summed E-state index contributed by atoms with van der Waals surface area (Å²) in [6.45, 7) is 1.63. The molecule has 0 aromatic heterocycles. The standard InChI is InChI=1S/C11H12F11I/c1-3-4-6(23)5(2)7(12,10(17,18)19)8(13,14)9(15,16)11(20,21)22/h5-6H,3-4H2,1-2H3. The molecule has 0 amide bonds. The van der Waals surface area contributed by atoms with Crippen molar-refractivity contribution in [3.05, 3.63) is 0 Å². The van der Waals surface area contributed by atoms with Gasteiger partial charge in [0.05, 0.1) is 0 Å². The van der Waals surface area contributed by atoms with Gasteiger partial charge in [-0.2, -0.15) is 43.9 Å². The van der Waals surface area contributed by atoms with Gasteiger partial charge in [0.25, 0.3) is 5.67 Å². The van der Waals surface area contributed by atoms with Gasteiger partial charge in [-0.15, -0.1) is 0 Å². The van der Waals surface area contributed by atoms with E-state index in [-0.39, 0.29) is 19.8 Å². The van der Waals surface area contributed by atoms with Gasteiger partial charge in [0.2, 0.25) is 0 Å². The third kappa shape index (κ3) is 3.65. The number of halogens is 12. The summed E-state index contributed by atoms with van der Waals surface area (Å²) < 4.78 is 140. The zero-order valence-corrected chi connectivity index (χ0v) is 13.8. The summed E-state index contributed by atoms with van der Waals surface area (Å²) in [5.41, 5.74) is -6.06. The van der Waals surface area contributed by atoms with Gasteiger partial charge in [0.1, 0.15) is 0 Å². The van der Waals surface area contributed by atoms with Gasteiger partial charge in [-0.1, -0.05) is 42.9 Å². The Hall–Kier alpha value is -0.0400. The first kappa shape index (κ1) is 23.0. The van der Waals surface area contributed by atoms with E-state index in [0.29, 0.717) is 0 Å². The minimum absolute atomic E-state index is 0.0904. The summed E-state index contributed by atoms with van der Waals surface area (Å²) in [6, 6.07) is 0. The van der Waals surface area contributed by atoms with Crippen LogP contribution in [-0.4, -0.2) is 33.8 Å². The third-order valence-electron chi connectivity index (χ3n) is 3.35. The average Bonchev–Trinajstić information content (AvgIpc) is 2.33. The van der Waals surface area contributed by atoms with E-state index in [1.807, 2.05) is 0 Å². The van der Waals surface area contributed by atoms with E-state index in [9.17, 15) is 48.3 Å². The second kappa shape index (κ2) is 6.70. The molecule has 0 aromatic rings. The van der Waals surface area contributed by atoms with Crippen LogP contribution in [0.5, 0.6) is 0 Å². The van der Waals surface area contributed by atoms with E-state index in [4.69, 9.17) is 0 Å². The SMILES string of the molecule is CCCC(I)C(C)C(F)(C(F)(F)F)C(F)(F)C(F)(F)C(F)(F)F. The monoisotopic (exact) mass is 480 g/mol. The first-order valence-corrected chi connectivity index (χ1v) is 7.36. The number of hydrogen-bond donors (Lipinski definition) is 0. The lowest BCUT2D eigenvalue weighted by Crippen LogP contribution is -2.70. The summed E-state index contributed by atoms with van der Waals surface area (Å²) in [7, 11) is 0. The van der Waals surface area contributed by atoms with Crippen LogP contribution in [0.4, 0.5) is 48.3 Å². The van der Waals surface area contributed by atoms with Gasteiger partial charge in [-0.3, -0.25) is 0 Å². The van der Waals surface area contributed by atoms with E-state index >= 15 is 0 Å². The second-order valence-corrected chi connectivity index (χ2v) is 6.55. The third-order valence-corrected chi connectivity index (χ3v) is 5.06. The average molecular weight is 480 g/mol. The van der Waals surface area contributed by atoms with Crippen molar-refractivity contribution in [3.8, 4) is 0 Å². The predicted octanol–water partition coefficient (Wildman–Crippen LogP) is 6.33. The normalized spacial score (nSPS) is 20.1. The Balaban J connectivity index is 6.30. The maximum absolute atomic E-state index is 14.2. The minimum Gasteiger partial charge on any atom is -0.226 e. The van der Waals surface area contributed by atoms with Gasteiger partial charge in [0.15, 0.2) is 0 Å². The molecule has 0 aliphatic carbocycles. The van der Waals surface area contributed by atoms with Crippen LogP contribution in [0.3, 0.4) is 0 Å². The Morgan fingerprint density at radius 1 is 0.739 bits per heavy atom. The molecule has 0 aliphatic rings. The van der Waals surface area contributed by atoms with Gasteiger partial charge in [-0.05, 0) is 6.42 Å². The van der Waals surface area contributed by atoms with E-state index in [1.165, 1.54) is 6.92 Å². The molecule has 0 aliphatic heterocycles. The summed E-state index contributed by atoms with van der Waals surface area (Å²) in [5.74, 6) is -17.1. The van der Waals surface area contributed by atoms with Crippen molar-refractivity contribution in [2.45, 2.75) is 60.5 Å². The topological polar surface area (TPSA) is 0 Å². The van der Waals surface area contributed by atoms with Crippen molar-refractivity contribution < 1.29 is 48.3 Å². The Morgan fingerprint density at radius 2 is 1.13 bits per heavy atom. The summed E-state index contributed by atoms with van der Waals surface area (Å²) in [5, 5.41) is 0. The van der Waals surface area contributed by atoms with Crippen molar-refractivity contribution in [3.63, 3.8) is 0 Å². The maximum Gasteiger partial charge on any atom is 0.460 e. The molecule has 0 nitrogen and oxygen atoms in total. The van der Waals surface area contributed by atoms with Crippen molar-refractivity contribution in [2.24, 2.45) is 5.92 Å². The van der Waals surface area contributed by atoms with E-state index < -0.39 is 39.7 Å². The Morgan fingerprint density at radius 3 is 1.39 bits per heavy atom. The Bertz CT molecular complexity index is 400. The molecule has 0 spiro atoms. The molecule has 0 N–H and O–H groups in total. The van der Waals surface area contributed by atoms with Crippen molar-refractivity contribution in [1.29, 1.82) is 0 Å². The zero-order chi connectivity index (χ0) is 19.1. The molecule has 3 atom stereocenters. The van der Waals surface area contributed by atoms with Crippen LogP contribution in [-0.2, 0) is 0 Å². The van der Waals surface area contributed by atoms with Crippen molar-refractivity contribution >= 4 is 22.6 Å². The molecule has 3 unspecified atom stereocenters. The zero-order valence-electron chi connectivity index (χ0n) is 11.6. The van der Waals surface area contributed by atoms with Crippen LogP contribution in [0.2, 0.25) is 0 Å². The number of hydrogen-bond acceptors (Lipinski definition) is 0. The number of alkyl halides is 12. The van der Waals surface area contributed by atoms with Crippen LogP contribution in [0.25, 0.3) is 0 Å². The first-order chi connectivity index (χ1) is 9.89. The van der Waals surface area contributed by atoms with Crippen LogP contribution < -0.4 is 0 Å². The van der Waals surface area contributed by atoms with Crippen LogP contribution in [0, 0.1) is 5.92 Å².